The Kier molecular flexibility index (Phi) is 4.12. The largest absolute Gasteiger partial charge is 0.441 e. The molecule has 1 amide bonds. The van der Waals surface area contributed by atoms with E-state index in [1.807, 2.05) is 13.0 Å². The molecule has 0 aliphatic carbocycles. The lowest BCUT2D eigenvalue weighted by atomic mass is 10.0. The number of aryl methyl sites for hydroxylation is 1. The third-order valence-electron chi connectivity index (χ3n) is 3.79. The van der Waals surface area contributed by atoms with Crippen LogP contribution in [-0.4, -0.2) is 29.2 Å². The normalized spacial score (nSPS) is 18.8. The summed E-state index contributed by atoms with van der Waals surface area (Å²) in [4.78, 5) is 16.1. The quantitative estimate of drug-likeness (QED) is 0.448. The van der Waals surface area contributed by atoms with Crippen molar-refractivity contribution in [2.24, 2.45) is 10.8 Å². The molecule has 23 heavy (non-hydrogen) atoms. The van der Waals surface area contributed by atoms with Crippen molar-refractivity contribution in [1.29, 1.82) is 0 Å². The molecule has 0 radical (unpaired) electrons. The number of aromatic nitrogens is 1. The van der Waals surface area contributed by atoms with Crippen molar-refractivity contribution in [2.75, 3.05) is 6.54 Å². The molecule has 0 saturated carbocycles. The zero-order valence-electron chi connectivity index (χ0n) is 13.1. The lowest BCUT2D eigenvalue weighted by Gasteiger charge is -2.27. The molecule has 0 bridgehead atoms. The minimum Gasteiger partial charge on any atom is -0.441 e. The number of oxazole rings is 1. The fourth-order valence-electron chi connectivity index (χ4n) is 2.34. The highest BCUT2D eigenvalue weighted by molar-refractivity contribution is 5.96. The molecule has 1 aliphatic rings. The topological polar surface area (TPSA) is 106 Å². The SMILES string of the molecule is C/C(=N\NC(=O)/C=C(\N)c1ccc2nc(C)oc2c1)[C@@H]1CCN1. The van der Waals surface area contributed by atoms with Crippen molar-refractivity contribution in [3.63, 3.8) is 0 Å². The summed E-state index contributed by atoms with van der Waals surface area (Å²) in [6.07, 6.45) is 2.36. The first kappa shape index (κ1) is 15.2. The first-order valence-electron chi connectivity index (χ1n) is 7.45. The molecule has 1 atom stereocenters. The highest BCUT2D eigenvalue weighted by Gasteiger charge is 2.19. The zero-order chi connectivity index (χ0) is 16.4. The number of benzene rings is 1. The Morgan fingerprint density at radius 2 is 2.35 bits per heavy atom. The number of nitrogens with one attached hydrogen (secondary N) is 2. The number of carbonyl (C=O) groups is 1. The number of carbonyl (C=O) groups excluding carboxylic acids is 1. The molecular formula is C16H19N5O2. The summed E-state index contributed by atoms with van der Waals surface area (Å²) in [5.41, 5.74) is 11.8. The van der Waals surface area contributed by atoms with Gasteiger partial charge < -0.3 is 15.5 Å². The summed E-state index contributed by atoms with van der Waals surface area (Å²) < 4.78 is 5.46. The van der Waals surface area contributed by atoms with Crippen molar-refractivity contribution in [1.82, 2.24) is 15.7 Å². The average Bonchev–Trinajstić information content (AvgIpc) is 2.82. The van der Waals surface area contributed by atoms with Crippen LogP contribution in [0.1, 0.15) is 24.8 Å². The van der Waals surface area contributed by atoms with E-state index in [9.17, 15) is 4.79 Å². The highest BCUT2D eigenvalue weighted by atomic mass is 16.3. The zero-order valence-corrected chi connectivity index (χ0v) is 13.1. The Morgan fingerprint density at radius 3 is 3.04 bits per heavy atom. The molecule has 3 rings (SSSR count). The van der Waals surface area contributed by atoms with E-state index in [0.29, 0.717) is 22.7 Å². The van der Waals surface area contributed by atoms with Gasteiger partial charge in [0.15, 0.2) is 11.5 Å². The van der Waals surface area contributed by atoms with Crippen LogP contribution < -0.4 is 16.5 Å². The summed E-state index contributed by atoms with van der Waals surface area (Å²) in [5, 5.41) is 7.29. The van der Waals surface area contributed by atoms with Gasteiger partial charge in [-0.2, -0.15) is 5.10 Å². The molecule has 1 aromatic carbocycles. The summed E-state index contributed by atoms with van der Waals surface area (Å²) >= 11 is 0. The molecule has 7 heteroatoms. The number of hydrazone groups is 1. The van der Waals surface area contributed by atoms with E-state index < -0.39 is 0 Å². The van der Waals surface area contributed by atoms with E-state index in [4.69, 9.17) is 10.2 Å². The van der Waals surface area contributed by atoms with Gasteiger partial charge in [-0.15, -0.1) is 0 Å². The second-order valence-corrected chi connectivity index (χ2v) is 5.54. The van der Waals surface area contributed by atoms with Gasteiger partial charge in [-0.05, 0) is 32.0 Å². The third-order valence-corrected chi connectivity index (χ3v) is 3.79. The number of hydrogen-bond donors (Lipinski definition) is 3. The predicted octanol–water partition coefficient (Wildman–Crippen LogP) is 1.29. The van der Waals surface area contributed by atoms with Crippen LogP contribution in [0.2, 0.25) is 0 Å². The Balaban J connectivity index is 1.70. The fourth-order valence-corrected chi connectivity index (χ4v) is 2.34. The molecule has 1 saturated heterocycles. The molecule has 1 aromatic heterocycles. The summed E-state index contributed by atoms with van der Waals surface area (Å²) in [6, 6.07) is 5.63. The van der Waals surface area contributed by atoms with E-state index in [0.717, 1.165) is 24.2 Å². The molecular weight excluding hydrogens is 294 g/mol. The van der Waals surface area contributed by atoms with E-state index in [1.54, 1.807) is 19.1 Å². The van der Waals surface area contributed by atoms with Gasteiger partial charge >= 0.3 is 0 Å². The second-order valence-electron chi connectivity index (χ2n) is 5.54. The van der Waals surface area contributed by atoms with Crippen LogP contribution in [0.5, 0.6) is 0 Å². The lowest BCUT2D eigenvalue weighted by Crippen LogP contribution is -2.48. The number of nitrogens with zero attached hydrogens (tertiary/aromatic N) is 2. The van der Waals surface area contributed by atoms with Crippen molar-refractivity contribution in [3.8, 4) is 0 Å². The Labute approximate surface area is 133 Å². The van der Waals surface area contributed by atoms with Crippen LogP contribution >= 0.6 is 0 Å². The number of nitrogens with two attached hydrogens (primary N) is 1. The third kappa shape index (κ3) is 3.40. The average molecular weight is 313 g/mol. The maximum atomic E-state index is 11.9. The van der Waals surface area contributed by atoms with E-state index in [1.165, 1.54) is 6.08 Å². The van der Waals surface area contributed by atoms with Crippen molar-refractivity contribution < 1.29 is 9.21 Å². The van der Waals surface area contributed by atoms with Crippen molar-refractivity contribution in [2.45, 2.75) is 26.3 Å². The van der Waals surface area contributed by atoms with Crippen molar-refractivity contribution >= 4 is 28.4 Å². The summed E-state index contributed by atoms with van der Waals surface area (Å²) in [5.74, 6) is 0.224. The molecule has 1 fully saturated rings. The summed E-state index contributed by atoms with van der Waals surface area (Å²) in [7, 11) is 0. The predicted molar refractivity (Wildman–Crippen MR) is 88.6 cm³/mol. The van der Waals surface area contributed by atoms with Gasteiger partial charge in [-0.1, -0.05) is 6.07 Å². The fraction of sp³-hybridized carbons (Fsp3) is 0.312. The lowest BCUT2D eigenvalue weighted by molar-refractivity contribution is -0.116. The smallest absolute Gasteiger partial charge is 0.266 e. The maximum Gasteiger partial charge on any atom is 0.266 e. The van der Waals surface area contributed by atoms with Crippen molar-refractivity contribution in [3.05, 3.63) is 35.7 Å². The first-order valence-corrected chi connectivity index (χ1v) is 7.45. The maximum absolute atomic E-state index is 11.9. The van der Waals surface area contributed by atoms with E-state index >= 15 is 0 Å². The molecule has 0 spiro atoms. The van der Waals surface area contributed by atoms with E-state index in [-0.39, 0.29) is 11.9 Å². The minimum atomic E-state index is -0.366. The second kappa shape index (κ2) is 6.21. The van der Waals surface area contributed by atoms with Gasteiger partial charge in [-0.3, -0.25) is 4.79 Å². The van der Waals surface area contributed by atoms with Gasteiger partial charge in [-0.25, -0.2) is 10.4 Å². The van der Waals surface area contributed by atoms with Gasteiger partial charge in [0.2, 0.25) is 0 Å². The Hall–Kier alpha value is -2.67. The number of fused-ring (bicyclic) bond motifs is 1. The minimum absolute atomic E-state index is 0.258. The van der Waals surface area contributed by atoms with Crippen LogP contribution in [0.25, 0.3) is 16.8 Å². The molecule has 7 nitrogen and oxygen atoms in total. The number of rotatable bonds is 4. The highest BCUT2D eigenvalue weighted by Crippen LogP contribution is 2.19. The monoisotopic (exact) mass is 313 g/mol. The summed E-state index contributed by atoms with van der Waals surface area (Å²) in [6.45, 7) is 4.65. The number of hydrogen-bond acceptors (Lipinski definition) is 6. The molecule has 4 N–H and O–H groups in total. The van der Waals surface area contributed by atoms with Gasteiger partial charge in [0, 0.05) is 30.3 Å². The van der Waals surface area contributed by atoms with Gasteiger partial charge in [0.05, 0.1) is 5.71 Å². The Morgan fingerprint density at radius 1 is 1.57 bits per heavy atom. The van der Waals surface area contributed by atoms with Crippen LogP contribution in [0.3, 0.4) is 0 Å². The molecule has 2 aromatic rings. The van der Waals surface area contributed by atoms with Crippen LogP contribution in [0, 0.1) is 6.92 Å². The molecule has 0 unspecified atom stereocenters. The number of amides is 1. The Bertz CT molecular complexity index is 802. The van der Waals surface area contributed by atoms with E-state index in [2.05, 4.69) is 20.8 Å². The molecule has 1 aliphatic heterocycles. The van der Waals surface area contributed by atoms with Gasteiger partial charge in [0.25, 0.3) is 5.91 Å². The van der Waals surface area contributed by atoms with Gasteiger partial charge in [0.1, 0.15) is 5.52 Å². The molecule has 2 heterocycles. The standard InChI is InChI=1S/C16H19N5O2/c1-9(13-5-6-18-13)20-21-16(22)8-12(17)11-3-4-14-15(7-11)23-10(2)19-14/h3-4,7-8,13,18H,5-6,17H2,1-2H3,(H,21,22)/b12-8-,20-9+/t13-/m0/s1. The molecule has 120 valence electrons. The first-order chi connectivity index (χ1) is 11.0. The van der Waals surface area contributed by atoms with Crippen LogP contribution in [0.4, 0.5) is 0 Å². The van der Waals surface area contributed by atoms with Crippen LogP contribution in [-0.2, 0) is 4.79 Å². The van der Waals surface area contributed by atoms with Crippen LogP contribution in [0.15, 0.2) is 33.8 Å².